The molecular formula is C12H13FN2O5S2. The van der Waals surface area contributed by atoms with Crippen LogP contribution in [0.25, 0.3) is 0 Å². The second-order valence-electron chi connectivity index (χ2n) is 4.29. The molecule has 0 unspecified atom stereocenters. The number of sulfonamides is 1. The lowest BCUT2D eigenvalue weighted by molar-refractivity contribution is -0.124. The van der Waals surface area contributed by atoms with Crippen LogP contribution in [0.15, 0.2) is 23.1 Å². The molecular weight excluding hydrogens is 335 g/mol. The van der Waals surface area contributed by atoms with E-state index < -0.39 is 21.1 Å². The van der Waals surface area contributed by atoms with E-state index in [4.69, 9.17) is 4.74 Å². The highest BCUT2D eigenvalue weighted by Crippen LogP contribution is 2.21. The molecule has 120 valence electrons. The summed E-state index contributed by atoms with van der Waals surface area (Å²) < 4.78 is 44.5. The van der Waals surface area contributed by atoms with Crippen LogP contribution in [0, 0.1) is 5.82 Å². The van der Waals surface area contributed by atoms with Gasteiger partial charge < -0.3 is 4.74 Å². The van der Waals surface area contributed by atoms with Gasteiger partial charge in [-0.3, -0.25) is 14.5 Å². The molecule has 1 aliphatic heterocycles. The van der Waals surface area contributed by atoms with Crippen LogP contribution < -0.4 is 9.46 Å². The number of carbonyl (C=O) groups is 2. The Hall–Kier alpha value is -1.65. The molecule has 1 aliphatic rings. The molecule has 2 rings (SSSR count). The van der Waals surface area contributed by atoms with Crippen LogP contribution in [0.5, 0.6) is 5.75 Å². The van der Waals surface area contributed by atoms with E-state index >= 15 is 0 Å². The molecule has 1 fully saturated rings. The van der Waals surface area contributed by atoms with Crippen molar-refractivity contribution in [1.29, 1.82) is 0 Å². The fraction of sp³-hybridized carbons (Fsp3) is 0.333. The average molecular weight is 348 g/mol. The van der Waals surface area contributed by atoms with Gasteiger partial charge in [0.2, 0.25) is 15.9 Å². The quantitative estimate of drug-likeness (QED) is 0.818. The van der Waals surface area contributed by atoms with Crippen molar-refractivity contribution in [3.8, 4) is 5.75 Å². The Kier molecular flexibility index (Phi) is 5.04. The van der Waals surface area contributed by atoms with E-state index in [1.54, 1.807) is 0 Å². The molecule has 2 amide bonds. The molecule has 7 nitrogen and oxygen atoms in total. The van der Waals surface area contributed by atoms with Gasteiger partial charge in [-0.05, 0) is 18.2 Å². The summed E-state index contributed by atoms with van der Waals surface area (Å²) in [5.41, 5.74) is 0. The van der Waals surface area contributed by atoms with Crippen LogP contribution >= 0.6 is 11.8 Å². The number of nitrogens with one attached hydrogen (secondary N) is 1. The number of rotatable bonds is 6. The maximum Gasteiger partial charge on any atom is 0.288 e. The normalized spacial score (nSPS) is 15.5. The highest BCUT2D eigenvalue weighted by atomic mass is 32.2. The molecule has 1 N–H and O–H groups in total. The van der Waals surface area contributed by atoms with Crippen LogP contribution in [0.2, 0.25) is 0 Å². The van der Waals surface area contributed by atoms with E-state index in [-0.39, 0.29) is 35.4 Å². The summed E-state index contributed by atoms with van der Waals surface area (Å²) >= 11 is 0.871. The van der Waals surface area contributed by atoms with E-state index in [1.165, 1.54) is 19.2 Å². The lowest BCUT2D eigenvalue weighted by Crippen LogP contribution is -2.37. The van der Waals surface area contributed by atoms with Crippen molar-refractivity contribution in [3.05, 3.63) is 24.0 Å². The highest BCUT2D eigenvalue weighted by Gasteiger charge is 2.29. The molecule has 1 aromatic carbocycles. The Balaban J connectivity index is 2.01. The molecule has 1 saturated heterocycles. The maximum atomic E-state index is 13.5. The number of thioether (sulfide) groups is 1. The van der Waals surface area contributed by atoms with Crippen molar-refractivity contribution >= 4 is 32.9 Å². The van der Waals surface area contributed by atoms with Gasteiger partial charge >= 0.3 is 0 Å². The molecule has 0 radical (unpaired) electrons. The zero-order valence-electron chi connectivity index (χ0n) is 11.5. The van der Waals surface area contributed by atoms with E-state index in [2.05, 4.69) is 4.72 Å². The molecule has 0 aliphatic carbocycles. The number of ether oxygens (including phenoxy) is 1. The smallest absolute Gasteiger partial charge is 0.288 e. The first-order chi connectivity index (χ1) is 10.3. The van der Waals surface area contributed by atoms with Gasteiger partial charge in [0.25, 0.3) is 5.24 Å². The Labute approximate surface area is 130 Å². The predicted octanol–water partition coefficient (Wildman–Crippen LogP) is 0.808. The van der Waals surface area contributed by atoms with Gasteiger partial charge in [-0.2, -0.15) is 0 Å². The first kappa shape index (κ1) is 16.7. The van der Waals surface area contributed by atoms with Crippen molar-refractivity contribution in [2.45, 2.75) is 4.90 Å². The van der Waals surface area contributed by atoms with E-state index in [9.17, 15) is 22.4 Å². The molecule has 0 atom stereocenters. The molecule has 1 aromatic rings. The largest absolute Gasteiger partial charge is 0.494 e. The molecule has 0 aromatic heterocycles. The lowest BCUT2D eigenvalue weighted by atomic mass is 10.3. The first-order valence-corrected chi connectivity index (χ1v) is 8.62. The summed E-state index contributed by atoms with van der Waals surface area (Å²) in [6.07, 6.45) is 0. The van der Waals surface area contributed by atoms with Crippen molar-refractivity contribution in [2.75, 3.05) is 26.0 Å². The monoisotopic (exact) mass is 348 g/mol. The number of halogens is 1. The number of nitrogens with zero attached hydrogens (tertiary/aromatic N) is 1. The molecule has 0 bridgehead atoms. The zero-order chi connectivity index (χ0) is 16.3. The summed E-state index contributed by atoms with van der Waals surface area (Å²) in [4.78, 5) is 23.4. The first-order valence-electron chi connectivity index (χ1n) is 6.15. The van der Waals surface area contributed by atoms with Gasteiger partial charge in [0.15, 0.2) is 11.6 Å². The number of benzene rings is 1. The topological polar surface area (TPSA) is 92.8 Å². The fourth-order valence-corrected chi connectivity index (χ4v) is 3.57. The molecule has 0 saturated carbocycles. The van der Waals surface area contributed by atoms with Crippen LogP contribution in [0.1, 0.15) is 0 Å². The minimum absolute atomic E-state index is 0.0648. The standard InChI is InChI=1S/C12H13FN2O5S2/c1-20-10-3-2-8(6-9(10)13)22(18,19)14-4-5-15-11(16)7-21-12(15)17/h2-3,6,14H,4-5,7H2,1H3. The van der Waals surface area contributed by atoms with Crippen molar-refractivity contribution in [2.24, 2.45) is 0 Å². The third-order valence-electron chi connectivity index (χ3n) is 2.90. The van der Waals surface area contributed by atoms with Gasteiger partial charge in [-0.15, -0.1) is 0 Å². The average Bonchev–Trinajstić information content (AvgIpc) is 2.78. The van der Waals surface area contributed by atoms with Gasteiger partial charge in [-0.1, -0.05) is 11.8 Å². The number of imide groups is 1. The van der Waals surface area contributed by atoms with Crippen LogP contribution in [-0.4, -0.2) is 50.4 Å². The Morgan fingerprint density at radius 1 is 1.41 bits per heavy atom. The molecule has 10 heteroatoms. The summed E-state index contributed by atoms with van der Waals surface area (Å²) in [7, 11) is -2.67. The maximum absolute atomic E-state index is 13.5. The minimum Gasteiger partial charge on any atom is -0.494 e. The van der Waals surface area contributed by atoms with Crippen LogP contribution in [0.4, 0.5) is 9.18 Å². The van der Waals surface area contributed by atoms with E-state index in [0.29, 0.717) is 0 Å². The van der Waals surface area contributed by atoms with E-state index in [1.807, 2.05) is 0 Å². The number of hydrogen-bond donors (Lipinski definition) is 1. The van der Waals surface area contributed by atoms with Gasteiger partial charge in [0.1, 0.15) is 0 Å². The SMILES string of the molecule is COc1ccc(S(=O)(=O)NCCN2C(=O)CSC2=O)cc1F. The summed E-state index contributed by atoms with van der Waals surface area (Å²) in [5, 5.41) is -0.403. The van der Waals surface area contributed by atoms with Crippen LogP contribution in [0.3, 0.4) is 0 Å². The van der Waals surface area contributed by atoms with E-state index in [0.717, 1.165) is 22.7 Å². The van der Waals surface area contributed by atoms with Crippen molar-refractivity contribution in [3.63, 3.8) is 0 Å². The number of methoxy groups -OCH3 is 1. The number of carbonyl (C=O) groups excluding carboxylic acids is 2. The third-order valence-corrected chi connectivity index (χ3v) is 5.22. The predicted molar refractivity (Wildman–Crippen MR) is 77.7 cm³/mol. The summed E-state index contributed by atoms with van der Waals surface area (Å²) in [6.45, 7) is -0.212. The second-order valence-corrected chi connectivity index (χ2v) is 6.99. The Morgan fingerprint density at radius 2 is 2.14 bits per heavy atom. The highest BCUT2D eigenvalue weighted by molar-refractivity contribution is 8.14. The summed E-state index contributed by atoms with van der Waals surface area (Å²) in [6, 6.07) is 3.24. The van der Waals surface area contributed by atoms with Crippen molar-refractivity contribution < 1.29 is 27.1 Å². The van der Waals surface area contributed by atoms with Crippen molar-refractivity contribution in [1.82, 2.24) is 9.62 Å². The van der Waals surface area contributed by atoms with Gasteiger partial charge in [-0.25, -0.2) is 17.5 Å². The van der Waals surface area contributed by atoms with Gasteiger partial charge in [0.05, 0.1) is 17.8 Å². The second kappa shape index (κ2) is 6.63. The Bertz CT molecular complexity index is 691. The molecule has 22 heavy (non-hydrogen) atoms. The molecule has 0 spiro atoms. The zero-order valence-corrected chi connectivity index (χ0v) is 13.2. The number of hydrogen-bond acceptors (Lipinski definition) is 6. The third kappa shape index (κ3) is 3.57. The van der Waals surface area contributed by atoms with Gasteiger partial charge in [0, 0.05) is 13.1 Å². The minimum atomic E-state index is -3.94. The summed E-state index contributed by atoms with van der Waals surface area (Å²) in [5.74, 6) is -1.16. The fourth-order valence-electron chi connectivity index (χ4n) is 1.79. The lowest BCUT2D eigenvalue weighted by Gasteiger charge is -2.13. The Morgan fingerprint density at radius 3 is 2.68 bits per heavy atom. The number of amides is 2. The van der Waals surface area contributed by atoms with Crippen LogP contribution in [-0.2, 0) is 14.8 Å². The molecule has 1 heterocycles.